The third-order valence-corrected chi connectivity index (χ3v) is 3.24. The number of pyridine rings is 1. The number of hydrogen-bond acceptors (Lipinski definition) is 3. The van der Waals surface area contributed by atoms with Gasteiger partial charge in [-0.25, -0.2) is 4.98 Å². The van der Waals surface area contributed by atoms with Crippen LogP contribution in [0.15, 0.2) is 42.6 Å². The summed E-state index contributed by atoms with van der Waals surface area (Å²) < 4.78 is 0. The predicted octanol–water partition coefficient (Wildman–Crippen LogP) is 2.82. The first-order valence-corrected chi connectivity index (χ1v) is 6.32. The summed E-state index contributed by atoms with van der Waals surface area (Å²) in [6.45, 7) is 5.01. The first-order chi connectivity index (χ1) is 8.83. The van der Waals surface area contributed by atoms with E-state index in [2.05, 4.69) is 58.5 Å². The van der Waals surface area contributed by atoms with E-state index < -0.39 is 0 Å². The summed E-state index contributed by atoms with van der Waals surface area (Å²) in [5.74, 6) is 1.00. The van der Waals surface area contributed by atoms with Crippen molar-refractivity contribution in [3.05, 3.63) is 53.7 Å². The van der Waals surface area contributed by atoms with Gasteiger partial charge >= 0.3 is 0 Å². The molecule has 0 amide bonds. The SMILES string of the molecule is Cc1cnc2c(c1)N(Cc1ccccc1)CCN2. The fourth-order valence-electron chi connectivity index (χ4n) is 2.33. The van der Waals surface area contributed by atoms with Gasteiger partial charge in [-0.05, 0) is 24.1 Å². The van der Waals surface area contributed by atoms with E-state index in [9.17, 15) is 0 Å². The van der Waals surface area contributed by atoms with Gasteiger partial charge in [-0.15, -0.1) is 0 Å². The van der Waals surface area contributed by atoms with Gasteiger partial charge in [0.25, 0.3) is 0 Å². The summed E-state index contributed by atoms with van der Waals surface area (Å²) in [4.78, 5) is 6.85. The van der Waals surface area contributed by atoms with Crippen LogP contribution >= 0.6 is 0 Å². The highest BCUT2D eigenvalue weighted by Gasteiger charge is 2.17. The average molecular weight is 239 g/mol. The van der Waals surface area contributed by atoms with Crippen LogP contribution in [-0.2, 0) is 6.54 Å². The molecular weight excluding hydrogens is 222 g/mol. The minimum atomic E-state index is 0.945. The molecule has 0 aliphatic carbocycles. The number of benzene rings is 1. The van der Waals surface area contributed by atoms with Crippen molar-refractivity contribution in [2.75, 3.05) is 23.3 Å². The summed E-state index contributed by atoms with van der Waals surface area (Å²) in [6.07, 6.45) is 1.91. The number of hydrogen-bond donors (Lipinski definition) is 1. The van der Waals surface area contributed by atoms with Crippen LogP contribution in [0.25, 0.3) is 0 Å². The molecule has 18 heavy (non-hydrogen) atoms. The first-order valence-electron chi connectivity index (χ1n) is 6.32. The Morgan fingerprint density at radius 3 is 2.94 bits per heavy atom. The van der Waals surface area contributed by atoms with Gasteiger partial charge in [-0.1, -0.05) is 30.3 Å². The minimum Gasteiger partial charge on any atom is -0.367 e. The van der Waals surface area contributed by atoms with E-state index in [4.69, 9.17) is 0 Å². The van der Waals surface area contributed by atoms with Crippen molar-refractivity contribution >= 4 is 11.5 Å². The number of aromatic nitrogens is 1. The lowest BCUT2D eigenvalue weighted by Crippen LogP contribution is -2.34. The molecule has 1 aliphatic rings. The van der Waals surface area contributed by atoms with Crippen molar-refractivity contribution in [1.29, 1.82) is 0 Å². The quantitative estimate of drug-likeness (QED) is 0.873. The molecule has 0 saturated heterocycles. The average Bonchev–Trinajstić information content (AvgIpc) is 2.41. The zero-order chi connectivity index (χ0) is 12.4. The molecule has 0 spiro atoms. The van der Waals surface area contributed by atoms with E-state index in [1.165, 1.54) is 16.8 Å². The maximum atomic E-state index is 4.46. The monoisotopic (exact) mass is 239 g/mol. The molecule has 2 heterocycles. The molecule has 2 aromatic rings. The Morgan fingerprint density at radius 1 is 1.28 bits per heavy atom. The molecular formula is C15H17N3. The van der Waals surface area contributed by atoms with E-state index >= 15 is 0 Å². The summed E-state index contributed by atoms with van der Waals surface area (Å²) in [5, 5.41) is 3.35. The van der Waals surface area contributed by atoms with E-state index in [1.54, 1.807) is 0 Å². The highest BCUT2D eigenvalue weighted by atomic mass is 15.2. The van der Waals surface area contributed by atoms with Crippen molar-refractivity contribution in [3.8, 4) is 0 Å². The van der Waals surface area contributed by atoms with Crippen molar-refractivity contribution in [2.45, 2.75) is 13.5 Å². The Morgan fingerprint density at radius 2 is 2.11 bits per heavy atom. The Kier molecular flexibility index (Phi) is 2.89. The van der Waals surface area contributed by atoms with Crippen molar-refractivity contribution < 1.29 is 0 Å². The number of rotatable bonds is 2. The van der Waals surface area contributed by atoms with Gasteiger partial charge in [-0.2, -0.15) is 0 Å². The molecule has 3 rings (SSSR count). The molecule has 0 fully saturated rings. The predicted molar refractivity (Wildman–Crippen MR) is 75.0 cm³/mol. The van der Waals surface area contributed by atoms with Crippen molar-refractivity contribution in [3.63, 3.8) is 0 Å². The molecule has 1 aromatic carbocycles. The number of nitrogens with one attached hydrogen (secondary N) is 1. The van der Waals surface area contributed by atoms with Crippen molar-refractivity contribution in [1.82, 2.24) is 4.98 Å². The van der Waals surface area contributed by atoms with Crippen LogP contribution < -0.4 is 10.2 Å². The van der Waals surface area contributed by atoms with Gasteiger partial charge in [0.05, 0.1) is 5.69 Å². The molecule has 0 saturated carbocycles. The maximum absolute atomic E-state index is 4.46. The van der Waals surface area contributed by atoms with Gasteiger partial charge in [0.2, 0.25) is 0 Å². The van der Waals surface area contributed by atoms with Crippen LogP contribution in [-0.4, -0.2) is 18.1 Å². The minimum absolute atomic E-state index is 0.945. The number of nitrogens with zero attached hydrogens (tertiary/aromatic N) is 2. The Bertz CT molecular complexity index is 537. The molecule has 1 aromatic heterocycles. The van der Waals surface area contributed by atoms with Crippen LogP contribution in [0.5, 0.6) is 0 Å². The van der Waals surface area contributed by atoms with Crippen molar-refractivity contribution in [2.24, 2.45) is 0 Å². The molecule has 0 atom stereocenters. The van der Waals surface area contributed by atoms with Crippen LogP contribution in [0, 0.1) is 6.92 Å². The molecule has 0 unspecified atom stereocenters. The lowest BCUT2D eigenvalue weighted by molar-refractivity contribution is 0.779. The van der Waals surface area contributed by atoms with Gasteiger partial charge in [0, 0.05) is 25.8 Å². The Hall–Kier alpha value is -2.03. The third-order valence-electron chi connectivity index (χ3n) is 3.24. The maximum Gasteiger partial charge on any atom is 0.149 e. The fraction of sp³-hybridized carbons (Fsp3) is 0.267. The van der Waals surface area contributed by atoms with Crippen LogP contribution in [0.1, 0.15) is 11.1 Å². The summed E-state index contributed by atoms with van der Waals surface area (Å²) >= 11 is 0. The van der Waals surface area contributed by atoms with Crippen LogP contribution in [0.4, 0.5) is 11.5 Å². The van der Waals surface area contributed by atoms with Gasteiger partial charge < -0.3 is 10.2 Å². The fourth-order valence-corrected chi connectivity index (χ4v) is 2.33. The largest absolute Gasteiger partial charge is 0.367 e. The highest BCUT2D eigenvalue weighted by molar-refractivity contribution is 5.68. The number of aryl methyl sites for hydroxylation is 1. The van der Waals surface area contributed by atoms with Crippen LogP contribution in [0.2, 0.25) is 0 Å². The Balaban J connectivity index is 1.89. The van der Waals surface area contributed by atoms with E-state index in [0.29, 0.717) is 0 Å². The standard InChI is InChI=1S/C15H17N3/c1-12-9-14-15(17-10-12)16-7-8-18(14)11-13-5-3-2-4-6-13/h2-6,9-10H,7-8,11H2,1H3,(H,16,17). The van der Waals surface area contributed by atoms with Gasteiger partial charge in [0.1, 0.15) is 5.82 Å². The number of fused-ring (bicyclic) bond motifs is 1. The molecule has 1 aliphatic heterocycles. The van der Waals surface area contributed by atoms with Gasteiger partial charge in [0.15, 0.2) is 0 Å². The number of anilines is 2. The van der Waals surface area contributed by atoms with Crippen LogP contribution in [0.3, 0.4) is 0 Å². The molecule has 3 heteroatoms. The second kappa shape index (κ2) is 4.69. The summed E-state index contributed by atoms with van der Waals surface area (Å²) in [7, 11) is 0. The highest BCUT2D eigenvalue weighted by Crippen LogP contribution is 2.28. The Labute approximate surface area is 107 Å². The third kappa shape index (κ3) is 2.16. The summed E-state index contributed by atoms with van der Waals surface area (Å²) in [5.41, 5.74) is 3.76. The van der Waals surface area contributed by atoms with E-state index in [0.717, 1.165) is 25.5 Å². The molecule has 0 bridgehead atoms. The zero-order valence-corrected chi connectivity index (χ0v) is 10.6. The molecule has 1 N–H and O–H groups in total. The first kappa shape index (κ1) is 11.1. The second-order valence-electron chi connectivity index (χ2n) is 4.71. The second-order valence-corrected chi connectivity index (χ2v) is 4.71. The molecule has 92 valence electrons. The van der Waals surface area contributed by atoms with E-state index in [-0.39, 0.29) is 0 Å². The summed E-state index contributed by atoms with van der Waals surface area (Å²) in [6, 6.07) is 12.8. The van der Waals surface area contributed by atoms with E-state index in [1.807, 2.05) is 6.20 Å². The zero-order valence-electron chi connectivity index (χ0n) is 10.6. The van der Waals surface area contributed by atoms with Gasteiger partial charge in [-0.3, -0.25) is 0 Å². The lowest BCUT2D eigenvalue weighted by Gasteiger charge is -2.31. The molecule has 3 nitrogen and oxygen atoms in total. The topological polar surface area (TPSA) is 28.2 Å². The molecule has 0 radical (unpaired) electrons. The lowest BCUT2D eigenvalue weighted by atomic mass is 10.1. The normalized spacial score (nSPS) is 13.9. The smallest absolute Gasteiger partial charge is 0.149 e.